The minimum Gasteiger partial charge on any atom is -0.368 e. The van der Waals surface area contributed by atoms with Crippen molar-refractivity contribution in [2.24, 2.45) is 10.8 Å². The SMILES string of the molecule is NC(=O)C1CC(C(=O)Nc2ccc(NC(=O)C3CCCO3)cc2)=NN1c1ccccc1. The van der Waals surface area contributed by atoms with Crippen LogP contribution in [0.15, 0.2) is 59.7 Å². The van der Waals surface area contributed by atoms with Crippen LogP contribution in [-0.4, -0.2) is 42.2 Å². The van der Waals surface area contributed by atoms with E-state index in [1.54, 1.807) is 36.4 Å². The maximum atomic E-state index is 12.7. The molecule has 2 unspecified atom stereocenters. The van der Waals surface area contributed by atoms with Gasteiger partial charge in [-0.15, -0.1) is 0 Å². The average molecular weight is 421 g/mol. The lowest BCUT2D eigenvalue weighted by molar-refractivity contribution is -0.124. The largest absolute Gasteiger partial charge is 0.368 e. The summed E-state index contributed by atoms with van der Waals surface area (Å²) in [6.07, 6.45) is 1.30. The summed E-state index contributed by atoms with van der Waals surface area (Å²) in [5.41, 5.74) is 7.56. The zero-order chi connectivity index (χ0) is 21.8. The van der Waals surface area contributed by atoms with Gasteiger partial charge in [0.05, 0.1) is 5.69 Å². The molecule has 9 nitrogen and oxygen atoms in total. The smallest absolute Gasteiger partial charge is 0.271 e. The zero-order valence-corrected chi connectivity index (χ0v) is 16.8. The van der Waals surface area contributed by atoms with Crippen LogP contribution < -0.4 is 21.4 Å². The first kappa shape index (κ1) is 20.5. The number of nitrogens with one attached hydrogen (secondary N) is 2. The van der Waals surface area contributed by atoms with Crippen molar-refractivity contribution in [3.8, 4) is 0 Å². The van der Waals surface area contributed by atoms with Crippen LogP contribution in [0.25, 0.3) is 0 Å². The summed E-state index contributed by atoms with van der Waals surface area (Å²) >= 11 is 0. The van der Waals surface area contributed by atoms with Gasteiger partial charge in [0.1, 0.15) is 17.9 Å². The molecule has 2 aromatic carbocycles. The van der Waals surface area contributed by atoms with Gasteiger partial charge in [-0.25, -0.2) is 0 Å². The number of carbonyl (C=O) groups excluding carboxylic acids is 3. The number of hydrogen-bond acceptors (Lipinski definition) is 6. The Kier molecular flexibility index (Phi) is 5.94. The van der Waals surface area contributed by atoms with Crippen LogP contribution in [0.5, 0.6) is 0 Å². The van der Waals surface area contributed by atoms with Gasteiger partial charge in [0.2, 0.25) is 5.91 Å². The monoisotopic (exact) mass is 421 g/mol. The number of rotatable bonds is 6. The Morgan fingerprint density at radius 2 is 1.68 bits per heavy atom. The minimum absolute atomic E-state index is 0.117. The molecule has 160 valence electrons. The third-order valence-corrected chi connectivity index (χ3v) is 5.15. The second kappa shape index (κ2) is 8.97. The number of ether oxygens (including phenoxy) is 1. The van der Waals surface area contributed by atoms with E-state index in [1.165, 1.54) is 5.01 Å². The van der Waals surface area contributed by atoms with Crippen molar-refractivity contribution in [1.29, 1.82) is 0 Å². The molecule has 2 aliphatic heterocycles. The number of nitrogens with zero attached hydrogens (tertiary/aromatic N) is 2. The van der Waals surface area contributed by atoms with E-state index in [0.717, 1.165) is 6.42 Å². The van der Waals surface area contributed by atoms with Crippen molar-refractivity contribution in [3.63, 3.8) is 0 Å². The molecule has 2 aliphatic rings. The molecule has 2 aromatic rings. The Hall–Kier alpha value is -3.72. The summed E-state index contributed by atoms with van der Waals surface area (Å²) in [4.78, 5) is 36.7. The molecule has 0 bridgehead atoms. The standard InChI is InChI=1S/C22H23N5O4/c23-20(28)18-13-17(26-27(18)16-5-2-1-3-6-16)21(29)24-14-8-10-15(11-9-14)25-22(30)19-7-4-12-31-19/h1-3,5-6,8-11,18-19H,4,7,12-13H2,(H2,23,28)(H,24,29)(H,25,30). The van der Waals surface area contributed by atoms with Crippen molar-refractivity contribution in [3.05, 3.63) is 54.6 Å². The van der Waals surface area contributed by atoms with Gasteiger partial charge in [0.25, 0.3) is 11.8 Å². The molecule has 1 fully saturated rings. The summed E-state index contributed by atoms with van der Waals surface area (Å²) in [6.45, 7) is 0.602. The number of nitrogens with two attached hydrogens (primary N) is 1. The molecule has 9 heteroatoms. The minimum atomic E-state index is -0.724. The Balaban J connectivity index is 1.40. The molecule has 31 heavy (non-hydrogen) atoms. The van der Waals surface area contributed by atoms with Crippen molar-refractivity contribution in [2.45, 2.75) is 31.4 Å². The normalized spacial score (nSPS) is 20.3. The second-order valence-electron chi connectivity index (χ2n) is 7.37. The molecular weight excluding hydrogens is 398 g/mol. The number of hydrogen-bond donors (Lipinski definition) is 3. The summed E-state index contributed by atoms with van der Waals surface area (Å²) in [6, 6.07) is 15.1. The quantitative estimate of drug-likeness (QED) is 0.656. The first-order valence-corrected chi connectivity index (χ1v) is 10.1. The van der Waals surface area contributed by atoms with Crippen LogP contribution in [0.4, 0.5) is 17.1 Å². The summed E-state index contributed by atoms with van der Waals surface area (Å²) in [5.74, 6) is -1.14. The summed E-state index contributed by atoms with van der Waals surface area (Å²) < 4.78 is 5.37. The second-order valence-corrected chi connectivity index (χ2v) is 7.37. The first-order chi connectivity index (χ1) is 15.0. The fraction of sp³-hybridized carbons (Fsp3) is 0.273. The highest BCUT2D eigenvalue weighted by molar-refractivity contribution is 6.44. The van der Waals surface area contributed by atoms with Gasteiger partial charge in [-0.05, 0) is 49.2 Å². The Morgan fingerprint density at radius 1 is 1.00 bits per heavy atom. The third kappa shape index (κ3) is 4.72. The van der Waals surface area contributed by atoms with E-state index in [0.29, 0.717) is 30.1 Å². The van der Waals surface area contributed by atoms with Crippen LogP contribution in [0.1, 0.15) is 19.3 Å². The summed E-state index contributed by atoms with van der Waals surface area (Å²) in [7, 11) is 0. The van der Waals surface area contributed by atoms with Crippen LogP contribution >= 0.6 is 0 Å². The van der Waals surface area contributed by atoms with Crippen molar-refractivity contribution in [2.75, 3.05) is 22.2 Å². The van der Waals surface area contributed by atoms with Gasteiger partial charge >= 0.3 is 0 Å². The van der Waals surface area contributed by atoms with Gasteiger partial charge in [-0.3, -0.25) is 19.4 Å². The van der Waals surface area contributed by atoms with E-state index in [2.05, 4.69) is 15.7 Å². The molecule has 4 rings (SSSR count). The highest BCUT2D eigenvalue weighted by Gasteiger charge is 2.35. The zero-order valence-electron chi connectivity index (χ0n) is 16.8. The maximum Gasteiger partial charge on any atom is 0.271 e. The van der Waals surface area contributed by atoms with Crippen LogP contribution in [-0.2, 0) is 19.1 Å². The topological polar surface area (TPSA) is 126 Å². The van der Waals surface area contributed by atoms with Gasteiger partial charge < -0.3 is 21.1 Å². The lowest BCUT2D eigenvalue weighted by Crippen LogP contribution is -2.39. The fourth-order valence-corrected chi connectivity index (χ4v) is 3.54. The number of hydrazone groups is 1. The predicted molar refractivity (Wildman–Crippen MR) is 117 cm³/mol. The molecule has 0 radical (unpaired) electrons. The van der Waals surface area contributed by atoms with E-state index in [9.17, 15) is 14.4 Å². The van der Waals surface area contributed by atoms with Gasteiger partial charge in [0, 0.05) is 24.4 Å². The Labute approximate surface area is 179 Å². The van der Waals surface area contributed by atoms with Crippen molar-refractivity contribution >= 4 is 40.5 Å². The van der Waals surface area contributed by atoms with Gasteiger partial charge in [-0.2, -0.15) is 5.10 Å². The lowest BCUT2D eigenvalue weighted by Gasteiger charge is -2.20. The van der Waals surface area contributed by atoms with E-state index >= 15 is 0 Å². The molecule has 3 amide bonds. The molecule has 0 saturated carbocycles. The van der Waals surface area contributed by atoms with Crippen LogP contribution in [0.3, 0.4) is 0 Å². The highest BCUT2D eigenvalue weighted by atomic mass is 16.5. The predicted octanol–water partition coefficient (Wildman–Crippen LogP) is 1.86. The number of primary amides is 1. The van der Waals surface area contributed by atoms with E-state index in [-0.39, 0.29) is 18.0 Å². The van der Waals surface area contributed by atoms with Crippen LogP contribution in [0.2, 0.25) is 0 Å². The van der Waals surface area contributed by atoms with E-state index in [4.69, 9.17) is 10.5 Å². The maximum absolute atomic E-state index is 12.7. The molecule has 2 heterocycles. The Bertz CT molecular complexity index is 1000. The van der Waals surface area contributed by atoms with Gasteiger partial charge in [0.15, 0.2) is 0 Å². The fourth-order valence-electron chi connectivity index (χ4n) is 3.54. The number of anilines is 3. The molecule has 2 atom stereocenters. The van der Waals surface area contributed by atoms with E-state index < -0.39 is 24.0 Å². The third-order valence-electron chi connectivity index (χ3n) is 5.15. The molecule has 1 saturated heterocycles. The number of amides is 3. The molecule has 4 N–H and O–H groups in total. The van der Waals surface area contributed by atoms with Crippen molar-refractivity contribution in [1.82, 2.24) is 0 Å². The molecule has 0 spiro atoms. The molecular formula is C22H23N5O4. The van der Waals surface area contributed by atoms with Crippen molar-refractivity contribution < 1.29 is 19.1 Å². The van der Waals surface area contributed by atoms with Crippen LogP contribution in [0, 0.1) is 0 Å². The number of para-hydroxylation sites is 1. The summed E-state index contributed by atoms with van der Waals surface area (Å²) in [5, 5.41) is 11.4. The number of benzene rings is 2. The highest BCUT2D eigenvalue weighted by Crippen LogP contribution is 2.25. The van der Waals surface area contributed by atoms with Gasteiger partial charge in [-0.1, -0.05) is 18.2 Å². The number of carbonyl (C=O) groups is 3. The molecule has 0 aliphatic carbocycles. The molecule has 0 aromatic heterocycles. The van der Waals surface area contributed by atoms with E-state index in [1.807, 2.05) is 18.2 Å². The Morgan fingerprint density at radius 3 is 2.29 bits per heavy atom. The average Bonchev–Trinajstić information content (AvgIpc) is 3.46. The lowest BCUT2D eigenvalue weighted by atomic mass is 10.1. The first-order valence-electron chi connectivity index (χ1n) is 10.1.